The first-order valence-corrected chi connectivity index (χ1v) is 6.04. The van der Waals surface area contributed by atoms with Crippen LogP contribution in [0.3, 0.4) is 0 Å². The van der Waals surface area contributed by atoms with Crippen molar-refractivity contribution in [3.63, 3.8) is 0 Å². The lowest BCUT2D eigenvalue weighted by molar-refractivity contribution is -0.0152. The molecule has 0 unspecified atom stereocenters. The molecule has 0 aromatic heterocycles. The average molecular weight is 250 g/mol. The van der Waals surface area contributed by atoms with Crippen molar-refractivity contribution in [3.05, 3.63) is 41.5 Å². The fraction of sp³-hybridized carbons (Fsp3) is 0.429. The summed E-state index contributed by atoms with van der Waals surface area (Å²) in [6, 6.07) is 5.25. The maximum Gasteiger partial charge on any atom is 0.121 e. The van der Waals surface area contributed by atoms with Gasteiger partial charge in [-0.05, 0) is 18.6 Å². The molecule has 1 aromatic rings. The number of allylic oxidation sites excluding steroid dienone is 1. The van der Waals surface area contributed by atoms with Crippen LogP contribution >= 0.6 is 0 Å². The summed E-state index contributed by atoms with van der Waals surface area (Å²) >= 11 is 0. The average Bonchev–Trinajstić information content (AvgIpc) is 2.74. The van der Waals surface area contributed by atoms with E-state index in [-0.39, 0.29) is 11.9 Å². The second-order valence-electron chi connectivity index (χ2n) is 4.46. The first-order chi connectivity index (χ1) is 8.63. The molecular weight excluding hydrogens is 232 g/mol. The molecular formula is C14H18O4. The molecule has 0 saturated carbocycles. The Bertz CT molecular complexity index is 441. The molecule has 0 saturated heterocycles. The molecule has 98 valence electrons. The van der Waals surface area contributed by atoms with Crippen molar-refractivity contribution >= 4 is 0 Å². The van der Waals surface area contributed by atoms with E-state index >= 15 is 0 Å². The van der Waals surface area contributed by atoms with E-state index in [2.05, 4.69) is 0 Å². The highest BCUT2D eigenvalue weighted by atomic mass is 16.5. The van der Waals surface area contributed by atoms with E-state index < -0.39 is 12.2 Å². The van der Waals surface area contributed by atoms with Crippen LogP contribution in [0.15, 0.2) is 30.4 Å². The van der Waals surface area contributed by atoms with Gasteiger partial charge in [0.25, 0.3) is 0 Å². The molecule has 2 rings (SSSR count). The molecule has 4 heteroatoms. The van der Waals surface area contributed by atoms with E-state index in [0.29, 0.717) is 13.0 Å². The van der Waals surface area contributed by atoms with E-state index in [1.807, 2.05) is 6.07 Å². The van der Waals surface area contributed by atoms with Crippen molar-refractivity contribution in [2.45, 2.75) is 38.3 Å². The first kappa shape index (κ1) is 13.1. The van der Waals surface area contributed by atoms with Gasteiger partial charge in [-0.25, -0.2) is 0 Å². The van der Waals surface area contributed by atoms with E-state index in [1.165, 1.54) is 0 Å². The zero-order valence-electron chi connectivity index (χ0n) is 10.3. The lowest BCUT2D eigenvalue weighted by atomic mass is 9.98. The van der Waals surface area contributed by atoms with Gasteiger partial charge in [0.15, 0.2) is 0 Å². The van der Waals surface area contributed by atoms with Gasteiger partial charge in [0.2, 0.25) is 0 Å². The third kappa shape index (κ3) is 2.56. The van der Waals surface area contributed by atoms with Gasteiger partial charge in [0.1, 0.15) is 5.75 Å². The Balaban J connectivity index is 2.08. The molecule has 0 aliphatic carbocycles. The van der Waals surface area contributed by atoms with Crippen molar-refractivity contribution < 1.29 is 20.1 Å². The summed E-state index contributed by atoms with van der Waals surface area (Å²) in [7, 11) is 0. The predicted octanol–water partition coefficient (Wildman–Crippen LogP) is 1.65. The predicted molar refractivity (Wildman–Crippen MR) is 67.1 cm³/mol. The maximum absolute atomic E-state index is 9.86. The first-order valence-electron chi connectivity index (χ1n) is 6.04. The maximum atomic E-state index is 9.86. The molecule has 1 aliphatic heterocycles. The molecule has 1 aliphatic rings. The van der Waals surface area contributed by atoms with Crippen molar-refractivity contribution in [2.75, 3.05) is 0 Å². The van der Waals surface area contributed by atoms with Crippen molar-refractivity contribution in [3.8, 4) is 5.75 Å². The monoisotopic (exact) mass is 250 g/mol. The molecule has 0 amide bonds. The zero-order valence-corrected chi connectivity index (χ0v) is 10.3. The van der Waals surface area contributed by atoms with Crippen LogP contribution in [0.1, 0.15) is 30.6 Å². The Kier molecular flexibility index (Phi) is 4.01. The summed E-state index contributed by atoms with van der Waals surface area (Å²) in [5.41, 5.74) is 1.66. The van der Waals surface area contributed by atoms with E-state index in [0.717, 1.165) is 11.1 Å². The molecule has 3 N–H and O–H groups in total. The number of hydrogen-bond donors (Lipinski definition) is 3. The standard InChI is InChI=1S/C14H18O4/c1-2-4-12(16)13(17)7-14-9-5-3-6-11(15)10(9)8-18-14/h2-6,12-17H,7-8H2,1H3/b4-2+/t12-,13+,14+/m0/s1. The van der Waals surface area contributed by atoms with E-state index in [9.17, 15) is 15.3 Å². The summed E-state index contributed by atoms with van der Waals surface area (Å²) in [5, 5.41) is 29.2. The number of fused-ring (bicyclic) bond motifs is 1. The van der Waals surface area contributed by atoms with Gasteiger partial charge in [-0.15, -0.1) is 0 Å². The molecule has 0 bridgehead atoms. The Morgan fingerprint density at radius 3 is 2.94 bits per heavy atom. The van der Waals surface area contributed by atoms with Crippen LogP contribution in [0.25, 0.3) is 0 Å². The van der Waals surface area contributed by atoms with Crippen LogP contribution < -0.4 is 0 Å². The number of phenolic OH excluding ortho intramolecular Hbond substituents is 1. The number of aliphatic hydroxyl groups is 2. The highest BCUT2D eigenvalue weighted by Gasteiger charge is 2.29. The van der Waals surface area contributed by atoms with Gasteiger partial charge in [-0.1, -0.05) is 24.3 Å². The Morgan fingerprint density at radius 2 is 2.22 bits per heavy atom. The third-order valence-electron chi connectivity index (χ3n) is 3.20. The van der Waals surface area contributed by atoms with Gasteiger partial charge in [0.05, 0.1) is 24.9 Å². The van der Waals surface area contributed by atoms with Gasteiger partial charge < -0.3 is 20.1 Å². The van der Waals surface area contributed by atoms with Crippen molar-refractivity contribution in [2.24, 2.45) is 0 Å². The second-order valence-corrected chi connectivity index (χ2v) is 4.46. The number of ether oxygens (including phenoxy) is 1. The Labute approximate surface area is 106 Å². The highest BCUT2D eigenvalue weighted by molar-refractivity contribution is 5.42. The largest absolute Gasteiger partial charge is 0.508 e. The zero-order chi connectivity index (χ0) is 13.1. The van der Waals surface area contributed by atoms with Crippen LogP contribution in [0.2, 0.25) is 0 Å². The lowest BCUT2D eigenvalue weighted by Gasteiger charge is -2.19. The number of hydrogen-bond acceptors (Lipinski definition) is 4. The lowest BCUT2D eigenvalue weighted by Crippen LogP contribution is -2.25. The third-order valence-corrected chi connectivity index (χ3v) is 3.20. The molecule has 0 fully saturated rings. The molecule has 4 nitrogen and oxygen atoms in total. The molecule has 0 radical (unpaired) electrons. The molecule has 18 heavy (non-hydrogen) atoms. The minimum Gasteiger partial charge on any atom is -0.508 e. The smallest absolute Gasteiger partial charge is 0.121 e. The summed E-state index contributed by atoms with van der Waals surface area (Å²) in [6.07, 6.45) is 1.51. The van der Waals surface area contributed by atoms with E-state index in [4.69, 9.17) is 4.74 Å². The summed E-state index contributed by atoms with van der Waals surface area (Å²) in [6.45, 7) is 2.13. The SMILES string of the molecule is C/C=C/[C@H](O)[C@H](O)C[C@H]1OCc2c(O)cccc21. The van der Waals surface area contributed by atoms with Crippen molar-refractivity contribution in [1.82, 2.24) is 0 Å². The van der Waals surface area contributed by atoms with Crippen LogP contribution in [0.5, 0.6) is 5.75 Å². The normalized spacial score (nSPS) is 22.1. The molecule has 3 atom stereocenters. The van der Waals surface area contributed by atoms with E-state index in [1.54, 1.807) is 31.2 Å². The molecule has 1 aromatic carbocycles. The molecule has 1 heterocycles. The number of aliphatic hydroxyl groups excluding tert-OH is 2. The van der Waals surface area contributed by atoms with Crippen LogP contribution in [0, 0.1) is 0 Å². The fourth-order valence-corrected chi connectivity index (χ4v) is 2.20. The second kappa shape index (κ2) is 5.52. The van der Waals surface area contributed by atoms with Crippen LogP contribution in [-0.2, 0) is 11.3 Å². The summed E-state index contributed by atoms with van der Waals surface area (Å²) in [4.78, 5) is 0. The Morgan fingerprint density at radius 1 is 1.44 bits per heavy atom. The number of rotatable bonds is 4. The quantitative estimate of drug-likeness (QED) is 0.711. The minimum atomic E-state index is -0.889. The Hall–Kier alpha value is -1.36. The fourth-order valence-electron chi connectivity index (χ4n) is 2.20. The summed E-state index contributed by atoms with van der Waals surface area (Å²) in [5.74, 6) is 0.221. The minimum absolute atomic E-state index is 0.221. The van der Waals surface area contributed by atoms with Gasteiger partial charge in [-0.3, -0.25) is 0 Å². The number of benzene rings is 1. The van der Waals surface area contributed by atoms with Gasteiger partial charge >= 0.3 is 0 Å². The van der Waals surface area contributed by atoms with Gasteiger partial charge in [-0.2, -0.15) is 0 Å². The topological polar surface area (TPSA) is 69.9 Å². The number of phenols is 1. The summed E-state index contributed by atoms with van der Waals surface area (Å²) < 4.78 is 5.55. The van der Waals surface area contributed by atoms with Crippen molar-refractivity contribution in [1.29, 1.82) is 0 Å². The van der Waals surface area contributed by atoms with Gasteiger partial charge in [0, 0.05) is 12.0 Å². The van der Waals surface area contributed by atoms with Crippen LogP contribution in [-0.4, -0.2) is 27.5 Å². The number of aromatic hydroxyl groups is 1. The van der Waals surface area contributed by atoms with Crippen LogP contribution in [0.4, 0.5) is 0 Å². The molecule has 0 spiro atoms. The highest BCUT2D eigenvalue weighted by Crippen LogP contribution is 2.38.